The zero-order valence-electron chi connectivity index (χ0n) is 12.1. The van der Waals surface area contributed by atoms with Crippen molar-refractivity contribution in [1.82, 2.24) is 5.32 Å². The molecular weight excluding hydrogens is 272 g/mol. The minimum atomic E-state index is -0.817. The lowest BCUT2D eigenvalue weighted by atomic mass is 9.97. The Morgan fingerprint density at radius 1 is 1.40 bits per heavy atom. The van der Waals surface area contributed by atoms with Gasteiger partial charge in [-0.3, -0.25) is 9.59 Å². The quantitative estimate of drug-likeness (QED) is 0.871. The predicted octanol–water partition coefficient (Wildman–Crippen LogP) is 2.43. The first-order valence-electron chi connectivity index (χ1n) is 6.77. The van der Waals surface area contributed by atoms with Gasteiger partial charge in [-0.25, -0.2) is 0 Å². The third-order valence-electron chi connectivity index (χ3n) is 3.77. The largest absolute Gasteiger partial charge is 0.342 e. The van der Waals surface area contributed by atoms with Gasteiger partial charge in [0.15, 0.2) is 0 Å². The number of anilines is 1. The number of nitrogens with zero attached hydrogens (tertiary/aromatic N) is 1. The SMILES string of the molecule is CCC1(C)NC(=O)CCN(c2cccc(SC)c2)C1=O. The van der Waals surface area contributed by atoms with Gasteiger partial charge >= 0.3 is 0 Å². The maximum absolute atomic E-state index is 12.7. The highest BCUT2D eigenvalue weighted by Gasteiger charge is 2.39. The Morgan fingerprint density at radius 2 is 2.15 bits per heavy atom. The summed E-state index contributed by atoms with van der Waals surface area (Å²) < 4.78 is 0. The van der Waals surface area contributed by atoms with Crippen LogP contribution >= 0.6 is 11.8 Å². The van der Waals surface area contributed by atoms with Gasteiger partial charge in [-0.1, -0.05) is 13.0 Å². The molecule has 0 saturated carbocycles. The molecule has 1 N–H and O–H groups in total. The van der Waals surface area contributed by atoms with Crippen LogP contribution in [-0.2, 0) is 9.59 Å². The molecule has 108 valence electrons. The molecule has 1 unspecified atom stereocenters. The van der Waals surface area contributed by atoms with Gasteiger partial charge in [-0.05, 0) is 37.8 Å². The van der Waals surface area contributed by atoms with Gasteiger partial charge < -0.3 is 10.2 Å². The van der Waals surface area contributed by atoms with Crippen molar-refractivity contribution >= 4 is 29.3 Å². The molecule has 5 heteroatoms. The molecule has 0 bridgehead atoms. The van der Waals surface area contributed by atoms with Crippen molar-refractivity contribution in [3.05, 3.63) is 24.3 Å². The molecule has 2 amide bonds. The van der Waals surface area contributed by atoms with Crippen LogP contribution in [0.4, 0.5) is 5.69 Å². The van der Waals surface area contributed by atoms with E-state index in [2.05, 4.69) is 5.32 Å². The summed E-state index contributed by atoms with van der Waals surface area (Å²) in [6.45, 7) is 4.14. The van der Waals surface area contributed by atoms with Gasteiger partial charge in [-0.15, -0.1) is 11.8 Å². The van der Waals surface area contributed by atoms with E-state index in [4.69, 9.17) is 0 Å². The van der Waals surface area contributed by atoms with Gasteiger partial charge in [0.25, 0.3) is 5.91 Å². The maximum Gasteiger partial charge on any atom is 0.252 e. The first-order valence-corrected chi connectivity index (χ1v) is 7.99. The lowest BCUT2D eigenvalue weighted by molar-refractivity contribution is -0.129. The lowest BCUT2D eigenvalue weighted by Gasteiger charge is -2.31. The zero-order valence-corrected chi connectivity index (χ0v) is 12.9. The van der Waals surface area contributed by atoms with Crippen molar-refractivity contribution in [2.45, 2.75) is 37.1 Å². The molecule has 1 atom stereocenters. The topological polar surface area (TPSA) is 49.4 Å². The van der Waals surface area contributed by atoms with Gasteiger partial charge in [-0.2, -0.15) is 0 Å². The molecule has 4 nitrogen and oxygen atoms in total. The molecular formula is C15H20N2O2S. The van der Waals surface area contributed by atoms with Gasteiger partial charge in [0.05, 0.1) is 0 Å². The Kier molecular flexibility index (Phi) is 4.38. The van der Waals surface area contributed by atoms with Gasteiger partial charge in [0.1, 0.15) is 5.54 Å². The molecule has 1 heterocycles. The molecule has 0 aliphatic carbocycles. The number of rotatable bonds is 3. The Hall–Kier alpha value is -1.49. The number of thioether (sulfide) groups is 1. The van der Waals surface area contributed by atoms with Crippen LogP contribution in [0.5, 0.6) is 0 Å². The van der Waals surface area contributed by atoms with Crippen molar-refractivity contribution in [1.29, 1.82) is 0 Å². The van der Waals surface area contributed by atoms with Crippen molar-refractivity contribution in [3.8, 4) is 0 Å². The normalized spacial score (nSPS) is 23.4. The minimum Gasteiger partial charge on any atom is -0.342 e. The number of hydrogen-bond donors (Lipinski definition) is 1. The van der Waals surface area contributed by atoms with Gasteiger partial charge in [0, 0.05) is 23.5 Å². The third kappa shape index (κ3) is 2.82. The van der Waals surface area contributed by atoms with E-state index in [1.165, 1.54) is 0 Å². The first kappa shape index (κ1) is 14.9. The fourth-order valence-corrected chi connectivity index (χ4v) is 2.75. The van der Waals surface area contributed by atoms with E-state index >= 15 is 0 Å². The van der Waals surface area contributed by atoms with E-state index in [1.54, 1.807) is 23.6 Å². The highest BCUT2D eigenvalue weighted by molar-refractivity contribution is 7.98. The molecule has 0 spiro atoms. The van der Waals surface area contributed by atoms with Crippen LogP contribution in [-0.4, -0.2) is 30.2 Å². The summed E-state index contributed by atoms with van der Waals surface area (Å²) in [4.78, 5) is 27.4. The number of hydrogen-bond acceptors (Lipinski definition) is 3. The van der Waals surface area contributed by atoms with E-state index in [0.29, 0.717) is 19.4 Å². The molecule has 1 aromatic rings. The summed E-state index contributed by atoms with van der Waals surface area (Å²) in [6.07, 6.45) is 2.92. The Labute approximate surface area is 123 Å². The summed E-state index contributed by atoms with van der Waals surface area (Å²) in [5, 5.41) is 2.85. The van der Waals surface area contributed by atoms with Gasteiger partial charge in [0.2, 0.25) is 5.91 Å². The molecule has 1 aliphatic rings. The average molecular weight is 292 g/mol. The van der Waals surface area contributed by atoms with Crippen molar-refractivity contribution in [3.63, 3.8) is 0 Å². The smallest absolute Gasteiger partial charge is 0.252 e. The van der Waals surface area contributed by atoms with Crippen molar-refractivity contribution in [2.24, 2.45) is 0 Å². The van der Waals surface area contributed by atoms with Crippen LogP contribution < -0.4 is 10.2 Å². The van der Waals surface area contributed by atoms with Crippen LogP contribution in [0.25, 0.3) is 0 Å². The number of benzene rings is 1. The van der Waals surface area contributed by atoms with E-state index < -0.39 is 5.54 Å². The molecule has 1 fully saturated rings. The second kappa shape index (κ2) is 5.87. The van der Waals surface area contributed by atoms with E-state index in [9.17, 15) is 9.59 Å². The molecule has 0 aromatic heterocycles. The fraction of sp³-hybridized carbons (Fsp3) is 0.467. The van der Waals surface area contributed by atoms with Crippen LogP contribution in [0.15, 0.2) is 29.2 Å². The maximum atomic E-state index is 12.7. The fourth-order valence-electron chi connectivity index (χ4n) is 2.30. The zero-order chi connectivity index (χ0) is 14.8. The minimum absolute atomic E-state index is 0.0379. The number of nitrogens with one attached hydrogen (secondary N) is 1. The predicted molar refractivity (Wildman–Crippen MR) is 82.0 cm³/mol. The van der Waals surface area contributed by atoms with Crippen molar-refractivity contribution < 1.29 is 9.59 Å². The van der Waals surface area contributed by atoms with E-state index in [-0.39, 0.29) is 11.8 Å². The van der Waals surface area contributed by atoms with Crippen LogP contribution in [0.3, 0.4) is 0 Å². The molecule has 20 heavy (non-hydrogen) atoms. The summed E-state index contributed by atoms with van der Waals surface area (Å²) in [5.74, 6) is -0.102. The summed E-state index contributed by atoms with van der Waals surface area (Å²) >= 11 is 1.64. The highest BCUT2D eigenvalue weighted by atomic mass is 32.2. The van der Waals surface area contributed by atoms with Crippen LogP contribution in [0, 0.1) is 0 Å². The average Bonchev–Trinajstić information content (AvgIpc) is 2.57. The second-order valence-electron chi connectivity index (χ2n) is 5.14. The van der Waals surface area contributed by atoms with E-state index in [1.807, 2.05) is 37.4 Å². The van der Waals surface area contributed by atoms with Crippen molar-refractivity contribution in [2.75, 3.05) is 17.7 Å². The Balaban J connectivity index is 2.38. The number of carbonyl (C=O) groups excluding carboxylic acids is 2. The highest BCUT2D eigenvalue weighted by Crippen LogP contribution is 2.26. The standard InChI is InChI=1S/C15H20N2O2S/c1-4-15(2)14(19)17(9-8-13(18)16-15)11-6-5-7-12(10-11)20-3/h5-7,10H,4,8-9H2,1-3H3,(H,16,18). The Bertz CT molecular complexity index is 532. The first-order chi connectivity index (χ1) is 9.50. The molecule has 1 saturated heterocycles. The third-order valence-corrected chi connectivity index (χ3v) is 4.49. The second-order valence-corrected chi connectivity index (χ2v) is 6.02. The molecule has 1 aromatic carbocycles. The Morgan fingerprint density at radius 3 is 2.80 bits per heavy atom. The lowest BCUT2D eigenvalue weighted by Crippen LogP contribution is -2.54. The van der Waals surface area contributed by atoms with Crippen LogP contribution in [0.1, 0.15) is 26.7 Å². The van der Waals surface area contributed by atoms with E-state index in [0.717, 1.165) is 10.6 Å². The molecule has 2 rings (SSSR count). The summed E-state index contributed by atoms with van der Waals surface area (Å²) in [5.41, 5.74) is 0.0428. The molecule has 0 radical (unpaired) electrons. The summed E-state index contributed by atoms with van der Waals surface area (Å²) in [7, 11) is 0. The summed E-state index contributed by atoms with van der Waals surface area (Å²) in [6, 6.07) is 7.87. The number of carbonyl (C=O) groups is 2. The van der Waals surface area contributed by atoms with Crippen LogP contribution in [0.2, 0.25) is 0 Å². The molecule has 1 aliphatic heterocycles. The number of amides is 2. The monoisotopic (exact) mass is 292 g/mol.